The van der Waals surface area contributed by atoms with Crippen molar-refractivity contribution in [2.75, 3.05) is 68.6 Å². The molecule has 0 aromatic carbocycles. The van der Waals surface area contributed by atoms with Gasteiger partial charge < -0.3 is 30.5 Å². The summed E-state index contributed by atoms with van der Waals surface area (Å²) >= 11 is 0. The van der Waals surface area contributed by atoms with Gasteiger partial charge >= 0.3 is 0 Å². The van der Waals surface area contributed by atoms with Crippen molar-refractivity contribution >= 4 is 17.8 Å². The lowest BCUT2D eigenvalue weighted by Crippen LogP contribution is -2.41. The molecule has 26 heavy (non-hydrogen) atoms. The van der Waals surface area contributed by atoms with E-state index in [4.69, 9.17) is 9.84 Å². The van der Waals surface area contributed by atoms with Crippen molar-refractivity contribution in [1.29, 1.82) is 0 Å². The second kappa shape index (κ2) is 10.2. The number of aliphatic hydroxyl groups is 2. The maximum Gasteiger partial charge on any atom is 0.231 e. The molecule has 0 radical (unpaired) electrons. The molecule has 1 aliphatic rings. The van der Waals surface area contributed by atoms with Crippen LogP contribution in [-0.4, -0.2) is 78.3 Å². The quantitative estimate of drug-likeness (QED) is 0.347. The summed E-state index contributed by atoms with van der Waals surface area (Å²) in [6, 6.07) is 0. The van der Waals surface area contributed by atoms with Crippen molar-refractivity contribution in [2.45, 2.75) is 19.8 Å². The summed E-state index contributed by atoms with van der Waals surface area (Å²) in [7, 11) is 1.65. The Kier molecular flexibility index (Phi) is 8.02. The fourth-order valence-electron chi connectivity index (χ4n) is 2.64. The third-order valence-corrected chi connectivity index (χ3v) is 4.50. The van der Waals surface area contributed by atoms with Crippen LogP contribution >= 0.6 is 0 Å². The van der Waals surface area contributed by atoms with E-state index in [2.05, 4.69) is 37.4 Å². The van der Waals surface area contributed by atoms with Gasteiger partial charge in [0.1, 0.15) is 0 Å². The first kappa shape index (κ1) is 20.3. The molecule has 0 amide bonds. The first-order valence-electron chi connectivity index (χ1n) is 8.94. The molecule has 4 N–H and O–H groups in total. The molecule has 9 heteroatoms. The third kappa shape index (κ3) is 6.08. The average Bonchev–Trinajstić information content (AvgIpc) is 2.66. The van der Waals surface area contributed by atoms with Crippen molar-refractivity contribution in [3.63, 3.8) is 0 Å². The second-order valence-electron chi connectivity index (χ2n) is 6.69. The molecule has 2 heterocycles. The van der Waals surface area contributed by atoms with E-state index >= 15 is 0 Å². The number of ether oxygens (including phenoxy) is 1. The molecular formula is C17H30N6O3. The molecule has 0 saturated carbocycles. The van der Waals surface area contributed by atoms with Crippen molar-refractivity contribution in [3.8, 4) is 0 Å². The molecule has 1 saturated heterocycles. The van der Waals surface area contributed by atoms with Gasteiger partial charge in [-0.1, -0.05) is 19.1 Å². The Morgan fingerprint density at radius 2 is 1.81 bits per heavy atom. The van der Waals surface area contributed by atoms with Crippen molar-refractivity contribution in [2.24, 2.45) is 5.41 Å². The Morgan fingerprint density at radius 1 is 1.12 bits per heavy atom. The van der Waals surface area contributed by atoms with Gasteiger partial charge in [0.05, 0.1) is 13.2 Å². The van der Waals surface area contributed by atoms with Gasteiger partial charge in [-0.05, 0) is 18.3 Å². The minimum Gasteiger partial charge on any atom is -0.396 e. The third-order valence-electron chi connectivity index (χ3n) is 4.50. The van der Waals surface area contributed by atoms with E-state index in [1.165, 1.54) is 0 Å². The Hall–Kier alpha value is -1.97. The molecule has 0 atom stereocenters. The minimum absolute atomic E-state index is 0.00532. The van der Waals surface area contributed by atoms with Crippen molar-refractivity contribution < 1.29 is 14.9 Å². The number of anilines is 3. The maximum absolute atomic E-state index is 9.54. The summed E-state index contributed by atoms with van der Waals surface area (Å²) in [5.74, 6) is 1.60. The summed E-state index contributed by atoms with van der Waals surface area (Å²) in [5, 5.41) is 24.6. The summed E-state index contributed by atoms with van der Waals surface area (Å²) in [6.45, 7) is 5.58. The SMILES string of the molecule is COCCNc1nc(NC/C=C/CO)nc(N2CCC(C)(CO)CC2)n1. The standard InChI is InChI=1S/C17H30N6O3/c1-17(13-25)5-9-23(10-6-17)16-21-14(18-7-3-4-11-24)20-15(22-16)19-8-12-26-2/h3-4,24-25H,5-13H2,1-2H3,(H2,18,19,20,21,22)/b4-3+. The first-order chi connectivity index (χ1) is 12.6. The van der Waals surface area contributed by atoms with Crippen LogP contribution in [-0.2, 0) is 4.74 Å². The molecule has 0 aliphatic carbocycles. The van der Waals surface area contributed by atoms with E-state index in [1.807, 2.05) is 6.08 Å². The van der Waals surface area contributed by atoms with Gasteiger partial charge in [-0.15, -0.1) is 0 Å². The number of hydrogen-bond donors (Lipinski definition) is 4. The highest BCUT2D eigenvalue weighted by Gasteiger charge is 2.30. The van der Waals surface area contributed by atoms with Gasteiger partial charge in [-0.25, -0.2) is 0 Å². The largest absolute Gasteiger partial charge is 0.396 e. The maximum atomic E-state index is 9.54. The van der Waals surface area contributed by atoms with E-state index in [0.29, 0.717) is 37.5 Å². The summed E-state index contributed by atoms with van der Waals surface area (Å²) < 4.78 is 5.05. The highest BCUT2D eigenvalue weighted by Crippen LogP contribution is 2.31. The molecular weight excluding hydrogens is 336 g/mol. The predicted molar refractivity (Wildman–Crippen MR) is 102 cm³/mol. The predicted octanol–water partition coefficient (Wildman–Crippen LogP) is 0.489. The van der Waals surface area contributed by atoms with Crippen LogP contribution in [0, 0.1) is 5.41 Å². The molecule has 0 spiro atoms. The summed E-state index contributed by atoms with van der Waals surface area (Å²) in [6.07, 6.45) is 5.26. The van der Waals surface area contributed by atoms with Gasteiger partial charge in [0, 0.05) is 39.9 Å². The Balaban J connectivity index is 2.10. The van der Waals surface area contributed by atoms with E-state index < -0.39 is 0 Å². The number of methoxy groups -OCH3 is 1. The Bertz CT molecular complexity index is 576. The molecule has 0 bridgehead atoms. The van der Waals surface area contributed by atoms with Gasteiger partial charge in [0.25, 0.3) is 0 Å². The molecule has 1 aliphatic heterocycles. The molecule has 1 aromatic rings. The lowest BCUT2D eigenvalue weighted by atomic mass is 9.81. The number of hydrogen-bond acceptors (Lipinski definition) is 9. The van der Waals surface area contributed by atoms with E-state index in [-0.39, 0.29) is 18.6 Å². The van der Waals surface area contributed by atoms with Crippen LogP contribution in [0.3, 0.4) is 0 Å². The monoisotopic (exact) mass is 366 g/mol. The minimum atomic E-state index is -0.0285. The number of aliphatic hydroxyl groups excluding tert-OH is 2. The van der Waals surface area contributed by atoms with Gasteiger partial charge in [-0.2, -0.15) is 15.0 Å². The normalized spacial score (nSPS) is 16.8. The number of piperidine rings is 1. The molecule has 2 rings (SSSR count). The highest BCUT2D eigenvalue weighted by atomic mass is 16.5. The summed E-state index contributed by atoms with van der Waals surface area (Å²) in [5.41, 5.74) is -0.0285. The van der Waals surface area contributed by atoms with Crippen LogP contribution in [0.15, 0.2) is 12.2 Å². The fourth-order valence-corrected chi connectivity index (χ4v) is 2.64. The van der Waals surface area contributed by atoms with E-state index in [9.17, 15) is 5.11 Å². The zero-order chi connectivity index (χ0) is 18.8. The number of rotatable bonds is 10. The van der Waals surface area contributed by atoms with Crippen LogP contribution < -0.4 is 15.5 Å². The van der Waals surface area contributed by atoms with Gasteiger partial charge in [-0.3, -0.25) is 0 Å². The smallest absolute Gasteiger partial charge is 0.231 e. The first-order valence-corrected chi connectivity index (χ1v) is 8.94. The van der Waals surface area contributed by atoms with Crippen LogP contribution in [0.4, 0.5) is 17.8 Å². The van der Waals surface area contributed by atoms with Crippen LogP contribution in [0.25, 0.3) is 0 Å². The lowest BCUT2D eigenvalue weighted by Gasteiger charge is -2.38. The number of aromatic nitrogens is 3. The number of nitrogens with zero attached hydrogens (tertiary/aromatic N) is 4. The van der Waals surface area contributed by atoms with Gasteiger partial charge in [0.2, 0.25) is 17.8 Å². The zero-order valence-corrected chi connectivity index (χ0v) is 15.6. The molecule has 146 valence electrons. The topological polar surface area (TPSA) is 116 Å². The van der Waals surface area contributed by atoms with Crippen molar-refractivity contribution in [3.05, 3.63) is 12.2 Å². The van der Waals surface area contributed by atoms with Crippen LogP contribution in [0.2, 0.25) is 0 Å². The molecule has 9 nitrogen and oxygen atoms in total. The Labute approximate surface area is 154 Å². The zero-order valence-electron chi connectivity index (χ0n) is 15.6. The second-order valence-corrected chi connectivity index (χ2v) is 6.69. The van der Waals surface area contributed by atoms with E-state index in [0.717, 1.165) is 25.9 Å². The number of nitrogens with one attached hydrogen (secondary N) is 2. The fraction of sp³-hybridized carbons (Fsp3) is 0.706. The highest BCUT2D eigenvalue weighted by molar-refractivity contribution is 5.44. The van der Waals surface area contributed by atoms with Gasteiger partial charge in [0.15, 0.2) is 0 Å². The lowest BCUT2D eigenvalue weighted by molar-refractivity contribution is 0.114. The Morgan fingerprint density at radius 3 is 2.42 bits per heavy atom. The van der Waals surface area contributed by atoms with Crippen LogP contribution in [0.1, 0.15) is 19.8 Å². The molecule has 1 fully saturated rings. The molecule has 1 aromatic heterocycles. The van der Waals surface area contributed by atoms with Crippen LogP contribution in [0.5, 0.6) is 0 Å². The van der Waals surface area contributed by atoms with E-state index in [1.54, 1.807) is 13.2 Å². The summed E-state index contributed by atoms with van der Waals surface area (Å²) in [4.78, 5) is 15.5. The van der Waals surface area contributed by atoms with Crippen molar-refractivity contribution in [1.82, 2.24) is 15.0 Å². The average molecular weight is 366 g/mol. The molecule has 0 unspecified atom stereocenters.